The summed E-state index contributed by atoms with van der Waals surface area (Å²) < 4.78 is 18.3. The highest BCUT2D eigenvalue weighted by Crippen LogP contribution is 2.65. The van der Waals surface area contributed by atoms with Crippen molar-refractivity contribution >= 4 is 19.4 Å². The number of carbonyl (C=O) groups is 2. The molecule has 0 radical (unpaired) electrons. The van der Waals surface area contributed by atoms with Crippen LogP contribution in [0.5, 0.6) is 0 Å². The highest BCUT2D eigenvalue weighted by Gasteiger charge is 2.67. The van der Waals surface area contributed by atoms with Crippen molar-refractivity contribution in [2.24, 2.45) is 17.3 Å². The molecule has 1 aromatic carbocycles. The molecule has 3 saturated carbocycles. The fourth-order valence-electron chi connectivity index (χ4n) is 6.15. The van der Waals surface area contributed by atoms with Gasteiger partial charge in [-0.05, 0) is 74.2 Å². The summed E-state index contributed by atoms with van der Waals surface area (Å²) in [6, 6.07) is 3.66. The Hall–Kier alpha value is -1.66. The van der Waals surface area contributed by atoms with E-state index in [1.54, 1.807) is 6.07 Å². The predicted octanol–water partition coefficient (Wildman–Crippen LogP) is 5.04. The minimum Gasteiger partial charge on any atom is -0.462 e. The van der Waals surface area contributed by atoms with Gasteiger partial charge >= 0.3 is 13.1 Å². The molecule has 0 amide bonds. The predicted molar refractivity (Wildman–Crippen MR) is 120 cm³/mol. The van der Waals surface area contributed by atoms with E-state index in [0.29, 0.717) is 29.1 Å². The van der Waals surface area contributed by atoms with Gasteiger partial charge in [0.25, 0.3) is 0 Å². The summed E-state index contributed by atoms with van der Waals surface area (Å²) >= 11 is 0. The van der Waals surface area contributed by atoms with Crippen molar-refractivity contribution < 1.29 is 23.6 Å². The summed E-state index contributed by atoms with van der Waals surface area (Å²) in [7, 11) is -0.227. The van der Waals surface area contributed by atoms with E-state index in [4.69, 9.17) is 14.0 Å². The lowest BCUT2D eigenvalue weighted by Gasteiger charge is -2.64. The first-order valence-electron chi connectivity index (χ1n) is 11.8. The zero-order chi connectivity index (χ0) is 22.4. The van der Waals surface area contributed by atoms with Gasteiger partial charge in [0.15, 0.2) is 6.29 Å². The van der Waals surface area contributed by atoms with E-state index in [-0.39, 0.29) is 18.8 Å². The highest BCUT2D eigenvalue weighted by molar-refractivity contribution is 6.45. The topological polar surface area (TPSA) is 61.8 Å². The second kappa shape index (κ2) is 8.36. The maximum Gasteiger partial charge on any atom is 0.457 e. The van der Waals surface area contributed by atoms with E-state index in [2.05, 4.69) is 20.8 Å². The number of aldehydes is 1. The van der Waals surface area contributed by atoms with E-state index in [0.717, 1.165) is 55.3 Å². The summed E-state index contributed by atoms with van der Waals surface area (Å²) in [5, 5.41) is 0. The molecule has 1 aromatic rings. The maximum atomic E-state index is 12.6. The Morgan fingerprint density at radius 2 is 2.06 bits per heavy atom. The van der Waals surface area contributed by atoms with Crippen LogP contribution in [0.2, 0.25) is 6.32 Å². The van der Waals surface area contributed by atoms with Crippen LogP contribution in [-0.2, 0) is 20.5 Å². The van der Waals surface area contributed by atoms with E-state index < -0.39 is 5.97 Å². The Balaban J connectivity index is 1.44. The van der Waals surface area contributed by atoms with Gasteiger partial charge < -0.3 is 14.0 Å². The molecule has 4 fully saturated rings. The van der Waals surface area contributed by atoms with Gasteiger partial charge in [-0.1, -0.05) is 39.3 Å². The number of rotatable bonds is 8. The molecule has 5 rings (SSSR count). The lowest BCUT2D eigenvalue weighted by molar-refractivity contribution is -0.199. The van der Waals surface area contributed by atoms with Gasteiger partial charge in [-0.15, -0.1) is 0 Å². The van der Waals surface area contributed by atoms with E-state index >= 15 is 0 Å². The van der Waals surface area contributed by atoms with Gasteiger partial charge in [-0.3, -0.25) is 4.79 Å². The molecule has 5 nitrogen and oxygen atoms in total. The molecule has 6 heteroatoms. The summed E-state index contributed by atoms with van der Waals surface area (Å²) in [4.78, 5) is 24.1. The fraction of sp³-hybridized carbons (Fsp3) is 0.680. The number of hydrogen-bond donors (Lipinski definition) is 0. The van der Waals surface area contributed by atoms with Crippen molar-refractivity contribution in [3.8, 4) is 0 Å². The number of benzene rings is 1. The maximum absolute atomic E-state index is 12.6. The first-order valence-corrected chi connectivity index (χ1v) is 11.8. The summed E-state index contributed by atoms with van der Waals surface area (Å²) in [6.45, 7) is 11.3. The fourth-order valence-corrected chi connectivity index (χ4v) is 6.15. The molecule has 1 aliphatic heterocycles. The standard InChI is InChI=1S/C25H35BO5/c1-6-7-12-29-23(28)22-16(2)17(8-9-18(22)15-27)10-11-26-30-21-14-19-13-20(24(19,3)4)25(21,5)31-26/h8-9,15,19-21H,6-7,10-14H2,1-5H3/t19?,20?,21?,25-/m0/s1. The lowest BCUT2D eigenvalue weighted by atomic mass is 9.43. The molecular weight excluding hydrogens is 391 g/mol. The van der Waals surface area contributed by atoms with Gasteiger partial charge in [-0.25, -0.2) is 4.79 Å². The first kappa shape index (κ1) is 22.5. The Morgan fingerprint density at radius 1 is 1.29 bits per heavy atom. The zero-order valence-electron chi connectivity index (χ0n) is 19.5. The average molecular weight is 426 g/mol. The molecule has 31 heavy (non-hydrogen) atoms. The van der Waals surface area contributed by atoms with E-state index in [9.17, 15) is 9.59 Å². The van der Waals surface area contributed by atoms with Gasteiger partial charge in [0.2, 0.25) is 0 Å². The van der Waals surface area contributed by atoms with Crippen molar-refractivity contribution in [2.45, 2.75) is 84.7 Å². The first-order chi connectivity index (χ1) is 14.7. The van der Waals surface area contributed by atoms with Crippen molar-refractivity contribution in [1.29, 1.82) is 0 Å². The van der Waals surface area contributed by atoms with Gasteiger partial charge in [0, 0.05) is 5.56 Å². The largest absolute Gasteiger partial charge is 0.462 e. The number of esters is 1. The molecule has 2 bridgehead atoms. The Morgan fingerprint density at radius 3 is 2.74 bits per heavy atom. The SMILES string of the molecule is CCCCOC(=O)c1c(C=O)ccc(CCB2OC3CC4CC(C4(C)C)[C@]3(C)O2)c1C. The average Bonchev–Trinajstić information content (AvgIpc) is 3.08. The van der Waals surface area contributed by atoms with Crippen molar-refractivity contribution in [1.82, 2.24) is 0 Å². The zero-order valence-corrected chi connectivity index (χ0v) is 19.5. The van der Waals surface area contributed by atoms with Crippen LogP contribution in [0.1, 0.15) is 85.2 Å². The van der Waals surface area contributed by atoms with Crippen LogP contribution in [0.25, 0.3) is 0 Å². The highest BCUT2D eigenvalue weighted by atomic mass is 16.7. The number of ether oxygens (including phenoxy) is 1. The van der Waals surface area contributed by atoms with Gasteiger partial charge in [-0.2, -0.15) is 0 Å². The number of unbranched alkanes of at least 4 members (excludes halogenated alkanes) is 1. The second-order valence-corrected chi connectivity index (χ2v) is 10.4. The lowest BCUT2D eigenvalue weighted by Crippen LogP contribution is -2.65. The van der Waals surface area contributed by atoms with Crippen LogP contribution in [0.15, 0.2) is 12.1 Å². The molecular formula is C25H35BO5. The molecule has 0 spiro atoms. The summed E-state index contributed by atoms with van der Waals surface area (Å²) in [5.74, 6) is 0.869. The molecule has 0 N–H and O–H groups in total. The van der Waals surface area contributed by atoms with Crippen molar-refractivity contribution in [2.75, 3.05) is 6.61 Å². The molecule has 1 heterocycles. The van der Waals surface area contributed by atoms with Crippen LogP contribution >= 0.6 is 0 Å². The van der Waals surface area contributed by atoms with E-state index in [1.165, 1.54) is 6.42 Å². The molecule has 168 valence electrons. The quantitative estimate of drug-likeness (QED) is 0.252. The molecule has 3 unspecified atom stereocenters. The third-order valence-corrected chi connectivity index (χ3v) is 8.32. The van der Waals surface area contributed by atoms with Crippen LogP contribution in [0, 0.1) is 24.2 Å². The van der Waals surface area contributed by atoms with Gasteiger partial charge in [0.05, 0.1) is 23.9 Å². The minimum atomic E-state index is -0.413. The second-order valence-electron chi connectivity index (χ2n) is 10.4. The van der Waals surface area contributed by atoms with Gasteiger partial charge in [0.1, 0.15) is 0 Å². The van der Waals surface area contributed by atoms with Crippen molar-refractivity contribution in [3.05, 3.63) is 34.4 Å². The molecule has 3 aliphatic carbocycles. The third-order valence-electron chi connectivity index (χ3n) is 8.32. The smallest absolute Gasteiger partial charge is 0.457 e. The van der Waals surface area contributed by atoms with Crippen LogP contribution < -0.4 is 0 Å². The van der Waals surface area contributed by atoms with Crippen molar-refractivity contribution in [3.63, 3.8) is 0 Å². The van der Waals surface area contributed by atoms with E-state index in [1.807, 2.05) is 19.9 Å². The van der Waals surface area contributed by atoms with Crippen LogP contribution in [0.4, 0.5) is 0 Å². The number of carbonyl (C=O) groups excluding carboxylic acids is 2. The Kier molecular flexibility index (Phi) is 6.08. The number of aryl methyl sites for hydroxylation is 1. The number of hydrogen-bond acceptors (Lipinski definition) is 5. The van der Waals surface area contributed by atoms with Crippen LogP contribution in [-0.4, -0.2) is 37.7 Å². The Bertz CT molecular complexity index is 866. The summed E-state index contributed by atoms with van der Waals surface area (Å²) in [5.41, 5.74) is 2.75. The normalized spacial score (nSPS) is 30.5. The third kappa shape index (κ3) is 3.76. The minimum absolute atomic E-state index is 0.178. The molecule has 4 aliphatic rings. The molecule has 0 aromatic heterocycles. The monoisotopic (exact) mass is 426 g/mol. The summed E-state index contributed by atoms with van der Waals surface area (Å²) in [6.07, 6.45) is 6.46. The Labute approximate surface area is 186 Å². The molecule has 4 atom stereocenters. The van der Waals surface area contributed by atoms with Crippen LogP contribution in [0.3, 0.4) is 0 Å². The molecule has 1 saturated heterocycles.